The summed E-state index contributed by atoms with van der Waals surface area (Å²) < 4.78 is 1.17. The molecule has 1 atom stereocenters. The van der Waals surface area contributed by atoms with E-state index >= 15 is 0 Å². The van der Waals surface area contributed by atoms with Gasteiger partial charge in [0.15, 0.2) is 0 Å². The van der Waals surface area contributed by atoms with E-state index in [2.05, 4.69) is 10.4 Å². The number of nitrogens with one attached hydrogen (secondary N) is 1. The number of carbonyl (C=O) groups is 2. The van der Waals surface area contributed by atoms with Crippen molar-refractivity contribution in [3.63, 3.8) is 0 Å². The van der Waals surface area contributed by atoms with Crippen LogP contribution in [0.5, 0.6) is 0 Å². The van der Waals surface area contributed by atoms with E-state index in [0.29, 0.717) is 19.4 Å². The summed E-state index contributed by atoms with van der Waals surface area (Å²) in [7, 11) is 0. The highest BCUT2D eigenvalue weighted by Gasteiger charge is 2.13. The van der Waals surface area contributed by atoms with Gasteiger partial charge in [0.25, 0.3) is 0 Å². The minimum Gasteiger partial charge on any atom is -0.481 e. The summed E-state index contributed by atoms with van der Waals surface area (Å²) in [6, 6.07) is 1.21. The molecule has 20 heavy (non-hydrogen) atoms. The Bertz CT molecular complexity index is 499. The molecular formula is C11H16N4O5. The van der Waals surface area contributed by atoms with Crippen molar-refractivity contribution in [2.24, 2.45) is 5.92 Å². The fraction of sp³-hybridized carbons (Fsp3) is 0.545. The molecule has 1 aromatic heterocycles. The van der Waals surface area contributed by atoms with Crippen molar-refractivity contribution in [2.75, 3.05) is 6.54 Å². The number of nitro groups is 1. The Morgan fingerprint density at radius 1 is 1.60 bits per heavy atom. The molecule has 0 spiro atoms. The van der Waals surface area contributed by atoms with E-state index in [4.69, 9.17) is 5.11 Å². The monoisotopic (exact) mass is 284 g/mol. The molecule has 1 rings (SSSR count). The second-order valence-corrected chi connectivity index (χ2v) is 4.36. The fourth-order valence-corrected chi connectivity index (χ4v) is 1.50. The molecule has 0 bridgehead atoms. The molecule has 1 unspecified atom stereocenters. The quantitative estimate of drug-likeness (QED) is 0.404. The van der Waals surface area contributed by atoms with Crippen LogP contribution in [0.1, 0.15) is 19.8 Å². The topological polar surface area (TPSA) is 127 Å². The lowest BCUT2D eigenvalue weighted by Crippen LogP contribution is -2.29. The van der Waals surface area contributed by atoms with Crippen LogP contribution in [-0.2, 0) is 16.1 Å². The zero-order chi connectivity index (χ0) is 15.1. The molecule has 0 aromatic carbocycles. The predicted molar refractivity (Wildman–Crippen MR) is 67.9 cm³/mol. The number of carbonyl (C=O) groups excluding carboxylic acids is 1. The van der Waals surface area contributed by atoms with Crippen molar-refractivity contribution in [3.8, 4) is 0 Å². The number of aromatic nitrogens is 2. The maximum Gasteiger partial charge on any atom is 0.389 e. The van der Waals surface area contributed by atoms with E-state index in [0.717, 1.165) is 0 Å². The molecule has 0 fully saturated rings. The van der Waals surface area contributed by atoms with Gasteiger partial charge in [0, 0.05) is 6.54 Å². The third-order valence-corrected chi connectivity index (χ3v) is 2.68. The second kappa shape index (κ2) is 7.22. The van der Waals surface area contributed by atoms with Crippen LogP contribution in [0.25, 0.3) is 0 Å². The molecule has 1 aromatic rings. The van der Waals surface area contributed by atoms with E-state index in [-0.39, 0.29) is 18.3 Å². The number of nitrogens with zero attached hydrogens (tertiary/aromatic N) is 3. The summed E-state index contributed by atoms with van der Waals surface area (Å²) in [4.78, 5) is 31.9. The van der Waals surface area contributed by atoms with Crippen molar-refractivity contribution in [2.45, 2.75) is 26.3 Å². The Balaban J connectivity index is 2.26. The maximum absolute atomic E-state index is 11.5. The predicted octanol–water partition coefficient (Wildman–Crippen LogP) is 0.408. The third kappa shape index (κ3) is 5.04. The van der Waals surface area contributed by atoms with Gasteiger partial charge >= 0.3 is 11.8 Å². The summed E-state index contributed by atoms with van der Waals surface area (Å²) in [5.41, 5.74) is 0. The molecule has 1 amide bonds. The first-order chi connectivity index (χ1) is 9.40. The number of carboxylic acid groups (broad SMARTS) is 1. The SMILES string of the molecule is CC(CCCNC(=O)Cn1ccc([N+](=O)[O-])n1)C(=O)O. The smallest absolute Gasteiger partial charge is 0.389 e. The number of aliphatic carboxylic acids is 1. The van der Waals surface area contributed by atoms with E-state index in [9.17, 15) is 19.7 Å². The van der Waals surface area contributed by atoms with E-state index in [1.807, 2.05) is 0 Å². The average Bonchev–Trinajstić information content (AvgIpc) is 2.82. The van der Waals surface area contributed by atoms with Crippen LogP contribution in [0.15, 0.2) is 12.3 Å². The van der Waals surface area contributed by atoms with Crippen LogP contribution in [-0.4, -0.2) is 38.2 Å². The van der Waals surface area contributed by atoms with Gasteiger partial charge in [0.2, 0.25) is 5.91 Å². The summed E-state index contributed by atoms with van der Waals surface area (Å²) in [5, 5.41) is 25.3. The number of hydrogen-bond acceptors (Lipinski definition) is 5. The number of amides is 1. The highest BCUT2D eigenvalue weighted by atomic mass is 16.6. The third-order valence-electron chi connectivity index (χ3n) is 2.68. The van der Waals surface area contributed by atoms with E-state index < -0.39 is 16.8 Å². The summed E-state index contributed by atoms with van der Waals surface area (Å²) >= 11 is 0. The maximum atomic E-state index is 11.5. The minimum atomic E-state index is -0.861. The summed E-state index contributed by atoms with van der Waals surface area (Å²) in [6.07, 6.45) is 2.38. The zero-order valence-electron chi connectivity index (χ0n) is 11.0. The van der Waals surface area contributed by atoms with E-state index in [1.165, 1.54) is 16.9 Å². The van der Waals surface area contributed by atoms with Crippen molar-refractivity contribution in [1.29, 1.82) is 0 Å². The molecule has 2 N–H and O–H groups in total. The number of carboxylic acids is 1. The van der Waals surface area contributed by atoms with Gasteiger partial charge in [-0.25, -0.2) is 0 Å². The summed E-state index contributed by atoms with van der Waals surface area (Å²) in [5.74, 6) is -1.94. The van der Waals surface area contributed by atoms with Crippen molar-refractivity contribution < 1.29 is 19.6 Å². The lowest BCUT2D eigenvalue weighted by molar-refractivity contribution is -0.389. The van der Waals surface area contributed by atoms with Crippen molar-refractivity contribution in [1.82, 2.24) is 15.1 Å². The Morgan fingerprint density at radius 3 is 2.85 bits per heavy atom. The lowest BCUT2D eigenvalue weighted by Gasteiger charge is -2.06. The summed E-state index contributed by atoms with van der Waals surface area (Å²) in [6.45, 7) is 1.86. The first-order valence-electron chi connectivity index (χ1n) is 6.07. The van der Waals surface area contributed by atoms with Gasteiger partial charge in [0.1, 0.15) is 6.54 Å². The molecule has 0 saturated heterocycles. The average molecular weight is 284 g/mol. The van der Waals surface area contributed by atoms with Gasteiger partial charge in [-0.3, -0.25) is 9.59 Å². The van der Waals surface area contributed by atoms with Gasteiger partial charge in [-0.1, -0.05) is 6.92 Å². The molecule has 9 heteroatoms. The van der Waals surface area contributed by atoms with Gasteiger partial charge in [-0.2, -0.15) is 4.68 Å². The Hall–Kier alpha value is -2.45. The molecule has 110 valence electrons. The molecule has 0 radical (unpaired) electrons. The van der Waals surface area contributed by atoms with Gasteiger partial charge in [-0.15, -0.1) is 0 Å². The van der Waals surface area contributed by atoms with Crippen LogP contribution in [0, 0.1) is 16.0 Å². The molecule has 0 aliphatic carbocycles. The van der Waals surface area contributed by atoms with Crippen molar-refractivity contribution in [3.05, 3.63) is 22.4 Å². The molecule has 9 nitrogen and oxygen atoms in total. The standard InChI is InChI=1S/C11H16N4O5/c1-8(11(17)18)3-2-5-12-10(16)7-14-6-4-9(13-14)15(19)20/h4,6,8H,2-3,5,7H2,1H3,(H,12,16)(H,17,18). The van der Waals surface area contributed by atoms with Gasteiger partial charge in [-0.05, 0) is 17.8 Å². The molecule has 0 aliphatic rings. The van der Waals surface area contributed by atoms with Crippen molar-refractivity contribution >= 4 is 17.7 Å². The number of rotatable bonds is 8. The largest absolute Gasteiger partial charge is 0.481 e. The van der Waals surface area contributed by atoms with Gasteiger partial charge < -0.3 is 20.5 Å². The highest BCUT2D eigenvalue weighted by Crippen LogP contribution is 2.05. The minimum absolute atomic E-state index is 0.109. The zero-order valence-corrected chi connectivity index (χ0v) is 11.0. The molecule has 0 saturated carbocycles. The molecule has 0 aliphatic heterocycles. The molecule has 1 heterocycles. The van der Waals surface area contributed by atoms with Crippen LogP contribution in [0.4, 0.5) is 5.82 Å². The first kappa shape index (κ1) is 15.6. The fourth-order valence-electron chi connectivity index (χ4n) is 1.50. The lowest BCUT2D eigenvalue weighted by atomic mass is 10.1. The normalized spacial score (nSPS) is 11.8. The Labute approximate surface area is 114 Å². The Morgan fingerprint density at radius 2 is 2.30 bits per heavy atom. The van der Waals surface area contributed by atoms with Crippen LogP contribution >= 0.6 is 0 Å². The van der Waals surface area contributed by atoms with Crippen LogP contribution in [0.2, 0.25) is 0 Å². The van der Waals surface area contributed by atoms with Crippen LogP contribution in [0.3, 0.4) is 0 Å². The van der Waals surface area contributed by atoms with Crippen LogP contribution < -0.4 is 5.32 Å². The van der Waals surface area contributed by atoms with E-state index in [1.54, 1.807) is 6.92 Å². The highest BCUT2D eigenvalue weighted by molar-refractivity contribution is 5.75. The second-order valence-electron chi connectivity index (χ2n) is 4.36. The Kier molecular flexibility index (Phi) is 5.63. The molecular weight excluding hydrogens is 268 g/mol. The first-order valence-corrected chi connectivity index (χ1v) is 6.07. The number of hydrogen-bond donors (Lipinski definition) is 2. The van der Waals surface area contributed by atoms with Gasteiger partial charge in [0.05, 0.1) is 23.3 Å².